The predicted octanol–water partition coefficient (Wildman–Crippen LogP) is 2.42. The van der Waals surface area contributed by atoms with Crippen molar-refractivity contribution < 1.29 is 12.8 Å². The second-order valence-electron chi connectivity index (χ2n) is 4.93. The molecule has 0 aromatic heterocycles. The minimum absolute atomic E-state index is 0.0207. The molecule has 7 heteroatoms. The van der Waals surface area contributed by atoms with Crippen LogP contribution < -0.4 is 10.0 Å². The van der Waals surface area contributed by atoms with Crippen LogP contribution in [0.1, 0.15) is 31.7 Å². The van der Waals surface area contributed by atoms with Crippen LogP contribution in [0.3, 0.4) is 0 Å². The zero-order chi connectivity index (χ0) is 14.8. The van der Waals surface area contributed by atoms with E-state index in [9.17, 15) is 12.8 Å². The largest absolute Gasteiger partial charge is 0.310 e. The summed E-state index contributed by atoms with van der Waals surface area (Å²) in [5.41, 5.74) is 0.468. The van der Waals surface area contributed by atoms with Gasteiger partial charge in [0.25, 0.3) is 0 Å². The van der Waals surface area contributed by atoms with Crippen molar-refractivity contribution in [2.75, 3.05) is 6.54 Å². The van der Waals surface area contributed by atoms with Gasteiger partial charge >= 0.3 is 0 Å². The Bertz CT molecular complexity index is 588. The Morgan fingerprint density at radius 3 is 2.70 bits per heavy atom. The smallest absolute Gasteiger partial charge is 0.240 e. The maximum absolute atomic E-state index is 13.8. The molecule has 0 saturated heterocycles. The van der Waals surface area contributed by atoms with E-state index in [4.69, 9.17) is 11.6 Å². The molecular formula is C13H18ClFN2O2S. The molecule has 0 spiro atoms. The van der Waals surface area contributed by atoms with Crippen molar-refractivity contribution in [2.45, 2.75) is 43.7 Å². The first kappa shape index (κ1) is 15.7. The summed E-state index contributed by atoms with van der Waals surface area (Å²) in [7, 11) is -3.68. The van der Waals surface area contributed by atoms with E-state index in [1.165, 1.54) is 6.07 Å². The fourth-order valence-electron chi connectivity index (χ4n) is 1.76. The average Bonchev–Trinajstić information content (AvgIpc) is 3.22. The van der Waals surface area contributed by atoms with Gasteiger partial charge in [-0.3, -0.25) is 0 Å². The standard InChI is InChI=1S/C13H18ClFN2O2S/c1-2-5-17-20(18,19)11-6-9(8-16-10-3-4-10)13(14)12(15)7-11/h6-7,10,16-17H,2-5,8H2,1H3. The molecule has 1 aromatic rings. The number of hydrogen-bond acceptors (Lipinski definition) is 3. The van der Waals surface area contributed by atoms with Crippen LogP contribution in [0.25, 0.3) is 0 Å². The molecule has 112 valence electrons. The molecule has 0 aliphatic heterocycles. The minimum atomic E-state index is -3.68. The van der Waals surface area contributed by atoms with E-state index in [1.807, 2.05) is 6.92 Å². The van der Waals surface area contributed by atoms with Crippen LogP contribution in [0, 0.1) is 5.82 Å². The van der Waals surface area contributed by atoms with Gasteiger partial charge in [-0.25, -0.2) is 17.5 Å². The van der Waals surface area contributed by atoms with Gasteiger partial charge in [-0.15, -0.1) is 0 Å². The molecule has 0 unspecified atom stereocenters. The lowest BCUT2D eigenvalue weighted by molar-refractivity contribution is 0.575. The Labute approximate surface area is 123 Å². The number of sulfonamides is 1. The predicted molar refractivity (Wildman–Crippen MR) is 76.8 cm³/mol. The Morgan fingerprint density at radius 1 is 1.40 bits per heavy atom. The molecule has 0 atom stereocenters. The van der Waals surface area contributed by atoms with Crippen LogP contribution in [0.5, 0.6) is 0 Å². The molecule has 0 heterocycles. The molecule has 1 fully saturated rings. The Kier molecular flexibility index (Phi) is 5.01. The van der Waals surface area contributed by atoms with Gasteiger partial charge in [0.15, 0.2) is 0 Å². The van der Waals surface area contributed by atoms with Crippen LogP contribution in [0.15, 0.2) is 17.0 Å². The second kappa shape index (κ2) is 6.39. The molecule has 2 N–H and O–H groups in total. The molecule has 1 aliphatic rings. The third-order valence-electron chi connectivity index (χ3n) is 3.09. The van der Waals surface area contributed by atoms with E-state index in [1.54, 1.807) is 0 Å². The van der Waals surface area contributed by atoms with Gasteiger partial charge in [0.2, 0.25) is 10.0 Å². The summed E-state index contributed by atoms with van der Waals surface area (Å²) in [4.78, 5) is -0.0829. The molecule has 20 heavy (non-hydrogen) atoms. The first-order valence-corrected chi connectivity index (χ1v) is 8.51. The summed E-state index contributed by atoms with van der Waals surface area (Å²) in [6, 6.07) is 2.83. The Hall–Kier alpha value is -0.690. The third kappa shape index (κ3) is 3.91. The quantitative estimate of drug-likeness (QED) is 0.811. The lowest BCUT2D eigenvalue weighted by atomic mass is 10.2. The summed E-state index contributed by atoms with van der Waals surface area (Å²) < 4.78 is 40.2. The highest BCUT2D eigenvalue weighted by Crippen LogP contribution is 2.26. The van der Waals surface area contributed by atoms with Crippen molar-refractivity contribution in [1.82, 2.24) is 10.0 Å². The highest BCUT2D eigenvalue weighted by Gasteiger charge is 2.22. The fourth-order valence-corrected chi connectivity index (χ4v) is 3.14. The maximum atomic E-state index is 13.8. The fraction of sp³-hybridized carbons (Fsp3) is 0.538. The van der Waals surface area contributed by atoms with Gasteiger partial charge in [-0.2, -0.15) is 0 Å². The first-order valence-electron chi connectivity index (χ1n) is 6.65. The van der Waals surface area contributed by atoms with Crippen LogP contribution in [0.4, 0.5) is 4.39 Å². The van der Waals surface area contributed by atoms with Crippen molar-refractivity contribution in [1.29, 1.82) is 0 Å². The van der Waals surface area contributed by atoms with Gasteiger partial charge in [0, 0.05) is 19.1 Å². The Balaban J connectivity index is 2.24. The highest BCUT2D eigenvalue weighted by atomic mass is 35.5. The van der Waals surface area contributed by atoms with E-state index >= 15 is 0 Å². The van der Waals surface area contributed by atoms with Crippen LogP contribution in [-0.2, 0) is 16.6 Å². The lowest BCUT2D eigenvalue weighted by Crippen LogP contribution is -2.25. The molecule has 1 aliphatic carbocycles. The van der Waals surface area contributed by atoms with Crippen molar-refractivity contribution in [2.24, 2.45) is 0 Å². The third-order valence-corrected chi connectivity index (χ3v) is 4.95. The van der Waals surface area contributed by atoms with Gasteiger partial charge in [-0.1, -0.05) is 18.5 Å². The van der Waals surface area contributed by atoms with E-state index in [2.05, 4.69) is 10.0 Å². The van der Waals surface area contributed by atoms with Crippen LogP contribution in [0.2, 0.25) is 5.02 Å². The normalized spacial score (nSPS) is 15.6. The van der Waals surface area contributed by atoms with E-state index in [0.717, 1.165) is 18.9 Å². The van der Waals surface area contributed by atoms with Crippen molar-refractivity contribution in [3.8, 4) is 0 Å². The lowest BCUT2D eigenvalue weighted by Gasteiger charge is -2.11. The van der Waals surface area contributed by atoms with Gasteiger partial charge in [0.05, 0.1) is 9.92 Å². The SMILES string of the molecule is CCCNS(=O)(=O)c1cc(F)c(Cl)c(CNC2CC2)c1. The number of nitrogens with one attached hydrogen (secondary N) is 2. The zero-order valence-electron chi connectivity index (χ0n) is 11.2. The highest BCUT2D eigenvalue weighted by molar-refractivity contribution is 7.89. The van der Waals surface area contributed by atoms with Gasteiger partial charge < -0.3 is 5.32 Å². The topological polar surface area (TPSA) is 58.2 Å². The molecule has 0 radical (unpaired) electrons. The molecule has 0 bridgehead atoms. The van der Waals surface area contributed by atoms with E-state index < -0.39 is 15.8 Å². The van der Waals surface area contributed by atoms with Gasteiger partial charge in [-0.05, 0) is 37.0 Å². The summed E-state index contributed by atoms with van der Waals surface area (Å²) in [6.45, 7) is 2.55. The molecule has 2 rings (SSSR count). The molecule has 1 aromatic carbocycles. The second-order valence-corrected chi connectivity index (χ2v) is 7.08. The number of rotatable bonds is 7. The van der Waals surface area contributed by atoms with Crippen molar-refractivity contribution >= 4 is 21.6 Å². The van der Waals surface area contributed by atoms with Gasteiger partial charge in [0.1, 0.15) is 5.82 Å². The summed E-state index contributed by atoms with van der Waals surface area (Å²) in [5.74, 6) is -0.710. The summed E-state index contributed by atoms with van der Waals surface area (Å²) in [5, 5.41) is 3.18. The Morgan fingerprint density at radius 2 is 2.10 bits per heavy atom. The average molecular weight is 321 g/mol. The summed E-state index contributed by atoms with van der Waals surface area (Å²) in [6.07, 6.45) is 2.86. The minimum Gasteiger partial charge on any atom is -0.310 e. The molecule has 1 saturated carbocycles. The van der Waals surface area contributed by atoms with E-state index in [0.29, 0.717) is 31.1 Å². The monoisotopic (exact) mass is 320 g/mol. The van der Waals surface area contributed by atoms with Crippen LogP contribution in [-0.4, -0.2) is 21.0 Å². The summed E-state index contributed by atoms with van der Waals surface area (Å²) >= 11 is 5.89. The zero-order valence-corrected chi connectivity index (χ0v) is 12.8. The molecule has 4 nitrogen and oxygen atoms in total. The number of halogens is 2. The van der Waals surface area contributed by atoms with Crippen LogP contribution >= 0.6 is 11.6 Å². The number of hydrogen-bond donors (Lipinski definition) is 2. The van der Waals surface area contributed by atoms with E-state index in [-0.39, 0.29) is 9.92 Å². The first-order chi connectivity index (χ1) is 9.44. The van der Waals surface area contributed by atoms with Crippen molar-refractivity contribution in [3.05, 3.63) is 28.5 Å². The van der Waals surface area contributed by atoms with Crippen molar-refractivity contribution in [3.63, 3.8) is 0 Å². The maximum Gasteiger partial charge on any atom is 0.240 e. The number of benzene rings is 1. The molecular weight excluding hydrogens is 303 g/mol. The molecule has 0 amide bonds.